The predicted molar refractivity (Wildman–Crippen MR) is 99.8 cm³/mol. The molecule has 0 amide bonds. The standard InChI is InChI=1S/C18H19Cl2NO3S/c19-15-6-7-16(20)17(12-15)25(22,23)21-13-18(8-10-24-11-9-18)14-4-2-1-3-5-14/h1-7,12,21H,8-11,13H2. The summed E-state index contributed by atoms with van der Waals surface area (Å²) in [5.74, 6) is 0. The number of sulfonamides is 1. The lowest BCUT2D eigenvalue weighted by Crippen LogP contribution is -2.44. The molecular formula is C18H19Cl2NO3S. The number of hydrogen-bond donors (Lipinski definition) is 1. The Kier molecular flexibility index (Phi) is 5.71. The van der Waals surface area contributed by atoms with Crippen molar-refractivity contribution in [2.75, 3.05) is 19.8 Å². The van der Waals surface area contributed by atoms with Crippen molar-refractivity contribution in [2.24, 2.45) is 0 Å². The summed E-state index contributed by atoms with van der Waals surface area (Å²) < 4.78 is 33.7. The maximum atomic E-state index is 12.7. The third-order valence-electron chi connectivity index (χ3n) is 4.62. The Morgan fingerprint density at radius 3 is 2.40 bits per heavy atom. The van der Waals surface area contributed by atoms with Gasteiger partial charge in [-0.3, -0.25) is 0 Å². The number of rotatable bonds is 5. The van der Waals surface area contributed by atoms with Crippen molar-refractivity contribution in [3.05, 3.63) is 64.1 Å². The fourth-order valence-corrected chi connectivity index (χ4v) is 5.00. The zero-order valence-electron chi connectivity index (χ0n) is 13.5. The van der Waals surface area contributed by atoms with E-state index in [1.165, 1.54) is 12.1 Å². The van der Waals surface area contributed by atoms with Crippen molar-refractivity contribution >= 4 is 33.2 Å². The zero-order valence-corrected chi connectivity index (χ0v) is 15.9. The van der Waals surface area contributed by atoms with Crippen molar-refractivity contribution in [2.45, 2.75) is 23.2 Å². The molecule has 3 rings (SSSR count). The van der Waals surface area contributed by atoms with Crippen LogP contribution in [0.25, 0.3) is 0 Å². The monoisotopic (exact) mass is 399 g/mol. The quantitative estimate of drug-likeness (QED) is 0.825. The molecule has 0 radical (unpaired) electrons. The molecule has 134 valence electrons. The molecular weight excluding hydrogens is 381 g/mol. The van der Waals surface area contributed by atoms with Gasteiger partial charge in [0.25, 0.3) is 0 Å². The van der Waals surface area contributed by atoms with Crippen LogP contribution in [0.5, 0.6) is 0 Å². The molecule has 0 saturated carbocycles. The van der Waals surface area contributed by atoms with E-state index in [1.54, 1.807) is 6.07 Å². The van der Waals surface area contributed by atoms with Crippen molar-refractivity contribution in [1.82, 2.24) is 4.72 Å². The van der Waals surface area contributed by atoms with E-state index in [0.29, 0.717) is 18.2 Å². The van der Waals surface area contributed by atoms with Crippen LogP contribution >= 0.6 is 23.2 Å². The number of ether oxygens (including phenoxy) is 1. The van der Waals surface area contributed by atoms with Crippen molar-refractivity contribution < 1.29 is 13.2 Å². The second-order valence-electron chi connectivity index (χ2n) is 6.16. The normalized spacial score (nSPS) is 17.4. The Hall–Kier alpha value is -1.11. The second-order valence-corrected chi connectivity index (χ2v) is 8.74. The van der Waals surface area contributed by atoms with Gasteiger partial charge in [-0.25, -0.2) is 13.1 Å². The van der Waals surface area contributed by atoms with Gasteiger partial charge in [0.05, 0.1) is 5.02 Å². The molecule has 0 aliphatic carbocycles. The topological polar surface area (TPSA) is 55.4 Å². The van der Waals surface area contributed by atoms with Gasteiger partial charge >= 0.3 is 0 Å². The van der Waals surface area contributed by atoms with E-state index in [4.69, 9.17) is 27.9 Å². The van der Waals surface area contributed by atoms with E-state index < -0.39 is 10.0 Å². The first-order valence-corrected chi connectivity index (χ1v) is 10.2. The summed E-state index contributed by atoms with van der Waals surface area (Å²) in [6.45, 7) is 1.49. The van der Waals surface area contributed by atoms with Crippen molar-refractivity contribution in [3.63, 3.8) is 0 Å². The molecule has 25 heavy (non-hydrogen) atoms. The van der Waals surface area contributed by atoms with Gasteiger partial charge in [-0.15, -0.1) is 0 Å². The van der Waals surface area contributed by atoms with Crippen LogP contribution in [0.3, 0.4) is 0 Å². The Bertz CT molecular complexity index is 835. The molecule has 0 bridgehead atoms. The minimum absolute atomic E-state index is 0.00284. The van der Waals surface area contributed by atoms with Crippen LogP contribution in [0.4, 0.5) is 0 Å². The Morgan fingerprint density at radius 1 is 1.04 bits per heavy atom. The van der Waals surface area contributed by atoms with Crippen LogP contribution in [0.2, 0.25) is 10.0 Å². The smallest absolute Gasteiger partial charge is 0.242 e. The van der Waals surface area contributed by atoms with E-state index in [1.807, 2.05) is 30.3 Å². The molecule has 4 nitrogen and oxygen atoms in total. The molecule has 1 aliphatic heterocycles. The number of benzene rings is 2. The summed E-state index contributed by atoms with van der Waals surface area (Å²) in [5, 5.41) is 0.478. The molecule has 0 unspecified atom stereocenters. The highest BCUT2D eigenvalue weighted by atomic mass is 35.5. The van der Waals surface area contributed by atoms with Crippen molar-refractivity contribution in [3.8, 4) is 0 Å². The van der Waals surface area contributed by atoms with E-state index in [9.17, 15) is 8.42 Å². The summed E-state index contributed by atoms with van der Waals surface area (Å²) in [5.41, 5.74) is 0.815. The molecule has 1 saturated heterocycles. The number of halogens is 2. The molecule has 0 spiro atoms. The largest absolute Gasteiger partial charge is 0.381 e. The molecule has 2 aromatic carbocycles. The van der Waals surface area contributed by atoms with Gasteiger partial charge in [0.2, 0.25) is 10.0 Å². The Morgan fingerprint density at radius 2 is 1.72 bits per heavy atom. The van der Waals surface area contributed by atoms with Gasteiger partial charge in [-0.1, -0.05) is 53.5 Å². The maximum Gasteiger partial charge on any atom is 0.242 e. The van der Waals surface area contributed by atoms with Crippen molar-refractivity contribution in [1.29, 1.82) is 0 Å². The predicted octanol–water partition coefficient (Wildman–Crippen LogP) is 4.02. The van der Waals surface area contributed by atoms with Crippen LogP contribution < -0.4 is 4.72 Å². The minimum atomic E-state index is -3.77. The van der Waals surface area contributed by atoms with E-state index >= 15 is 0 Å². The lowest BCUT2D eigenvalue weighted by atomic mass is 9.74. The molecule has 1 N–H and O–H groups in total. The molecule has 2 aromatic rings. The first-order valence-electron chi connectivity index (χ1n) is 8.01. The van der Waals surface area contributed by atoms with Gasteiger partial charge in [0.1, 0.15) is 4.90 Å². The molecule has 7 heteroatoms. The first-order chi connectivity index (χ1) is 11.9. The number of nitrogens with one attached hydrogen (secondary N) is 1. The van der Waals surface area contributed by atoms with E-state index in [0.717, 1.165) is 18.4 Å². The van der Waals surface area contributed by atoms with Gasteiger partial charge in [0.15, 0.2) is 0 Å². The van der Waals surface area contributed by atoms with E-state index in [-0.39, 0.29) is 21.9 Å². The number of hydrogen-bond acceptors (Lipinski definition) is 3. The highest BCUT2D eigenvalue weighted by Crippen LogP contribution is 2.35. The van der Waals surface area contributed by atoms with Crippen LogP contribution in [-0.4, -0.2) is 28.2 Å². The maximum absolute atomic E-state index is 12.7. The summed E-state index contributed by atoms with van der Waals surface area (Å²) in [6.07, 6.45) is 1.51. The van der Waals surface area contributed by atoms with Crippen LogP contribution in [0.15, 0.2) is 53.4 Å². The lowest BCUT2D eigenvalue weighted by Gasteiger charge is -2.37. The highest BCUT2D eigenvalue weighted by Gasteiger charge is 2.36. The molecule has 1 aliphatic rings. The third-order valence-corrected chi connectivity index (χ3v) is 6.74. The average molecular weight is 400 g/mol. The minimum Gasteiger partial charge on any atom is -0.381 e. The molecule has 1 heterocycles. The fraction of sp³-hybridized carbons (Fsp3) is 0.333. The van der Waals surface area contributed by atoms with Gasteiger partial charge in [-0.2, -0.15) is 0 Å². The summed E-state index contributed by atoms with van der Waals surface area (Å²) in [7, 11) is -3.77. The summed E-state index contributed by atoms with van der Waals surface area (Å²) in [6, 6.07) is 14.4. The van der Waals surface area contributed by atoms with Gasteiger partial charge in [-0.05, 0) is 36.6 Å². The van der Waals surface area contributed by atoms with Crippen LogP contribution in [-0.2, 0) is 20.2 Å². The Labute approximate surface area is 158 Å². The molecule has 1 fully saturated rings. The van der Waals surface area contributed by atoms with Gasteiger partial charge in [0, 0.05) is 30.2 Å². The fourth-order valence-electron chi connectivity index (χ4n) is 3.12. The lowest BCUT2D eigenvalue weighted by molar-refractivity contribution is 0.0517. The zero-order chi connectivity index (χ0) is 17.9. The van der Waals surface area contributed by atoms with Gasteiger partial charge < -0.3 is 4.74 Å². The average Bonchev–Trinajstić information content (AvgIpc) is 2.63. The highest BCUT2D eigenvalue weighted by molar-refractivity contribution is 7.89. The summed E-state index contributed by atoms with van der Waals surface area (Å²) in [4.78, 5) is -0.00284. The van der Waals surface area contributed by atoms with Crippen LogP contribution in [0.1, 0.15) is 18.4 Å². The molecule has 0 aromatic heterocycles. The second kappa shape index (κ2) is 7.64. The Balaban J connectivity index is 1.87. The molecule has 0 atom stereocenters. The SMILES string of the molecule is O=S(=O)(NCC1(c2ccccc2)CCOCC1)c1cc(Cl)ccc1Cl. The van der Waals surface area contributed by atoms with Crippen LogP contribution in [0, 0.1) is 0 Å². The third kappa shape index (κ3) is 4.18. The van der Waals surface area contributed by atoms with E-state index in [2.05, 4.69) is 4.72 Å². The first kappa shape index (κ1) is 18.7. The summed E-state index contributed by atoms with van der Waals surface area (Å²) >= 11 is 12.0.